The highest BCUT2D eigenvalue weighted by atomic mass is 16.4. The van der Waals surface area contributed by atoms with Crippen molar-refractivity contribution in [2.75, 3.05) is 6.54 Å². The summed E-state index contributed by atoms with van der Waals surface area (Å²) in [5, 5.41) is 12.8. The van der Waals surface area contributed by atoms with E-state index in [-0.39, 0.29) is 17.4 Å². The fourth-order valence-corrected chi connectivity index (χ4v) is 5.96. The lowest BCUT2D eigenvalue weighted by Crippen LogP contribution is -2.33. The van der Waals surface area contributed by atoms with Crippen LogP contribution in [0.25, 0.3) is 11.1 Å². The molecule has 0 spiro atoms. The first-order valence-electron chi connectivity index (χ1n) is 13.9. The molecular formula is C33H34N4O3. The molecule has 2 heterocycles. The Hall–Kier alpha value is -4.23. The maximum Gasteiger partial charge on any atom is 0.335 e. The van der Waals surface area contributed by atoms with Crippen molar-refractivity contribution in [3.05, 3.63) is 112 Å². The number of carbonyl (C=O) groups is 2. The number of amides is 1. The van der Waals surface area contributed by atoms with Crippen LogP contribution in [0.1, 0.15) is 56.3 Å². The zero-order chi connectivity index (χ0) is 27.8. The van der Waals surface area contributed by atoms with Crippen LogP contribution < -0.4 is 5.32 Å². The lowest BCUT2D eigenvalue weighted by Gasteiger charge is -2.32. The minimum absolute atomic E-state index is 0.0277. The van der Waals surface area contributed by atoms with Gasteiger partial charge in [-0.15, -0.1) is 0 Å². The van der Waals surface area contributed by atoms with E-state index < -0.39 is 5.97 Å². The number of hydrogen-bond acceptors (Lipinski definition) is 4. The Morgan fingerprint density at radius 3 is 2.62 bits per heavy atom. The average molecular weight is 535 g/mol. The fraction of sp³-hybridized carbons (Fsp3) is 0.303. The Bertz CT molecular complexity index is 1580. The number of benzene rings is 3. The van der Waals surface area contributed by atoms with Crippen LogP contribution in [-0.2, 0) is 37.9 Å². The van der Waals surface area contributed by atoms with Crippen LogP contribution >= 0.6 is 0 Å². The van der Waals surface area contributed by atoms with Gasteiger partial charge in [0.25, 0.3) is 0 Å². The monoisotopic (exact) mass is 534 g/mol. The van der Waals surface area contributed by atoms with Crippen LogP contribution in [0.2, 0.25) is 0 Å². The number of carbonyl (C=O) groups excluding carboxylic acids is 1. The third-order valence-corrected chi connectivity index (χ3v) is 8.52. The zero-order valence-electron chi connectivity index (χ0n) is 22.9. The molecular weight excluding hydrogens is 500 g/mol. The van der Waals surface area contributed by atoms with Crippen LogP contribution in [0.15, 0.2) is 73.1 Å². The smallest absolute Gasteiger partial charge is 0.335 e. The van der Waals surface area contributed by atoms with E-state index in [9.17, 15) is 14.7 Å². The number of carboxylic acids is 1. The minimum atomic E-state index is -0.930. The van der Waals surface area contributed by atoms with E-state index in [4.69, 9.17) is 0 Å². The zero-order valence-corrected chi connectivity index (χ0v) is 22.9. The van der Waals surface area contributed by atoms with Gasteiger partial charge in [0.2, 0.25) is 5.91 Å². The molecule has 3 aromatic carbocycles. The molecule has 1 amide bonds. The van der Waals surface area contributed by atoms with Gasteiger partial charge in [0.15, 0.2) is 0 Å². The maximum absolute atomic E-state index is 13.1. The molecule has 1 saturated carbocycles. The van der Waals surface area contributed by atoms with Crippen LogP contribution in [0.4, 0.5) is 0 Å². The van der Waals surface area contributed by atoms with Gasteiger partial charge in [-0.25, -0.2) is 9.78 Å². The van der Waals surface area contributed by atoms with E-state index in [1.807, 2.05) is 42.2 Å². The summed E-state index contributed by atoms with van der Waals surface area (Å²) in [7, 11) is 2.01. The highest BCUT2D eigenvalue weighted by Gasteiger charge is 2.43. The summed E-state index contributed by atoms with van der Waals surface area (Å²) in [5.74, 6) is -0.491. The molecule has 40 heavy (non-hydrogen) atoms. The molecule has 6 rings (SSSR count). The first kappa shape index (κ1) is 26.0. The molecule has 1 aliphatic heterocycles. The van der Waals surface area contributed by atoms with Gasteiger partial charge in [0, 0.05) is 44.8 Å². The van der Waals surface area contributed by atoms with E-state index >= 15 is 0 Å². The van der Waals surface area contributed by atoms with E-state index in [0.29, 0.717) is 12.5 Å². The van der Waals surface area contributed by atoms with Gasteiger partial charge in [-0.1, -0.05) is 54.6 Å². The third-order valence-electron chi connectivity index (χ3n) is 8.52. The van der Waals surface area contributed by atoms with Crippen molar-refractivity contribution in [3.8, 4) is 11.1 Å². The van der Waals surface area contributed by atoms with Gasteiger partial charge in [-0.2, -0.15) is 0 Å². The molecule has 7 nitrogen and oxygen atoms in total. The predicted molar refractivity (Wildman–Crippen MR) is 154 cm³/mol. The van der Waals surface area contributed by atoms with Crippen molar-refractivity contribution in [1.82, 2.24) is 19.8 Å². The molecule has 1 fully saturated rings. The van der Waals surface area contributed by atoms with E-state index in [2.05, 4.69) is 46.4 Å². The normalized spacial score (nSPS) is 18.2. The van der Waals surface area contributed by atoms with Crippen molar-refractivity contribution in [1.29, 1.82) is 0 Å². The highest BCUT2D eigenvalue weighted by Crippen LogP contribution is 2.47. The van der Waals surface area contributed by atoms with Gasteiger partial charge >= 0.3 is 5.97 Å². The quantitative estimate of drug-likeness (QED) is 0.330. The number of nitrogens with zero attached hydrogens (tertiary/aromatic N) is 3. The number of aromatic nitrogens is 2. The van der Waals surface area contributed by atoms with Crippen LogP contribution in [0.3, 0.4) is 0 Å². The molecule has 1 aliphatic carbocycles. The van der Waals surface area contributed by atoms with Crippen molar-refractivity contribution in [2.24, 2.45) is 13.0 Å². The van der Waals surface area contributed by atoms with Gasteiger partial charge in [-0.3, -0.25) is 9.69 Å². The second-order valence-electron chi connectivity index (χ2n) is 11.0. The summed E-state index contributed by atoms with van der Waals surface area (Å²) in [6.07, 6.45) is 3.59. The van der Waals surface area contributed by atoms with Crippen LogP contribution in [0.5, 0.6) is 0 Å². The van der Waals surface area contributed by atoms with Gasteiger partial charge in [0.05, 0.1) is 17.6 Å². The number of rotatable bonds is 8. The molecule has 7 heteroatoms. The van der Waals surface area contributed by atoms with Crippen LogP contribution in [-0.4, -0.2) is 38.0 Å². The summed E-state index contributed by atoms with van der Waals surface area (Å²) in [5.41, 5.74) is 9.28. The standard InChI is InChI=1S/C33H34N4O3/c1-21-31(35-20-36(21)2)19-37-14-13-27-26(23-9-6-10-24(15-23)33(39)40)12-11-25(30(27)18-37)17-34-32(38)29-16-28(29)22-7-4-3-5-8-22/h3-12,15,20,28-29H,13-14,16-19H2,1-2H3,(H,34,38)(H,39,40)/t28-,29-/m1/s1. The summed E-state index contributed by atoms with van der Waals surface area (Å²) in [4.78, 5) is 31.7. The van der Waals surface area contributed by atoms with Crippen LogP contribution in [0, 0.1) is 12.8 Å². The Balaban J connectivity index is 1.26. The highest BCUT2D eigenvalue weighted by molar-refractivity contribution is 5.89. The number of hydrogen-bond donors (Lipinski definition) is 2. The molecule has 204 valence electrons. The van der Waals surface area contributed by atoms with Gasteiger partial charge in [-0.05, 0) is 71.2 Å². The maximum atomic E-state index is 13.1. The second kappa shape index (κ2) is 10.7. The van der Waals surface area contributed by atoms with E-state index in [0.717, 1.165) is 60.6 Å². The number of aryl methyl sites for hydroxylation is 1. The first-order valence-corrected chi connectivity index (χ1v) is 13.9. The molecule has 0 unspecified atom stereocenters. The van der Waals surface area contributed by atoms with Crippen molar-refractivity contribution in [2.45, 2.75) is 45.3 Å². The summed E-state index contributed by atoms with van der Waals surface area (Å²) >= 11 is 0. The number of aromatic carboxylic acids is 1. The fourth-order valence-electron chi connectivity index (χ4n) is 5.96. The van der Waals surface area contributed by atoms with Crippen molar-refractivity contribution >= 4 is 11.9 Å². The van der Waals surface area contributed by atoms with Crippen molar-refractivity contribution < 1.29 is 14.7 Å². The van der Waals surface area contributed by atoms with Crippen molar-refractivity contribution in [3.63, 3.8) is 0 Å². The molecule has 2 aliphatic rings. The Morgan fingerprint density at radius 1 is 1.05 bits per heavy atom. The minimum Gasteiger partial charge on any atom is -0.478 e. The van der Waals surface area contributed by atoms with E-state index in [1.165, 1.54) is 16.7 Å². The van der Waals surface area contributed by atoms with E-state index in [1.54, 1.807) is 18.2 Å². The average Bonchev–Trinajstić information content (AvgIpc) is 3.73. The predicted octanol–water partition coefficient (Wildman–Crippen LogP) is 5.07. The van der Waals surface area contributed by atoms with Gasteiger partial charge < -0.3 is 15.0 Å². The third kappa shape index (κ3) is 5.17. The lowest BCUT2D eigenvalue weighted by atomic mass is 9.87. The summed E-state index contributed by atoms with van der Waals surface area (Å²) in [6.45, 7) is 4.96. The largest absolute Gasteiger partial charge is 0.478 e. The molecule has 4 aromatic rings. The first-order chi connectivity index (χ1) is 19.4. The lowest BCUT2D eigenvalue weighted by molar-refractivity contribution is -0.122. The summed E-state index contributed by atoms with van der Waals surface area (Å²) < 4.78 is 2.04. The molecule has 0 saturated heterocycles. The topological polar surface area (TPSA) is 87.5 Å². The Labute approximate surface area is 234 Å². The second-order valence-corrected chi connectivity index (χ2v) is 11.0. The number of fused-ring (bicyclic) bond motifs is 1. The molecule has 2 N–H and O–H groups in total. The number of imidazole rings is 1. The Kier molecular flexibility index (Phi) is 6.98. The molecule has 1 aromatic heterocycles. The number of nitrogens with one attached hydrogen (secondary N) is 1. The Morgan fingerprint density at radius 2 is 1.88 bits per heavy atom. The summed E-state index contributed by atoms with van der Waals surface area (Å²) in [6, 6.07) is 21.6. The molecule has 0 bridgehead atoms. The molecule has 2 atom stereocenters. The number of carboxylic acid groups (broad SMARTS) is 1. The SMILES string of the molecule is Cc1c(CN2CCc3c(-c4cccc(C(=O)O)c4)ccc(CNC(=O)[C@@H]4C[C@@H]4c4ccccc4)c3C2)ncn1C. The van der Waals surface area contributed by atoms with Gasteiger partial charge in [0.1, 0.15) is 0 Å². The molecule has 0 radical (unpaired) electrons.